The van der Waals surface area contributed by atoms with Crippen molar-refractivity contribution in [2.45, 2.75) is 26.4 Å². The maximum Gasteiger partial charge on any atom is 0.254 e. The standard InChI is InChI=1S/C19H19N3OS/c1-13-20-17-12-22(10-9-16(17)19(23)21-13)11-15-7-8-18(24-15)14-5-3-2-4-6-14/h2-8H,9-12H2,1H3,(H,20,21,23). The number of fused-ring (bicyclic) bond motifs is 1. The molecule has 0 fully saturated rings. The topological polar surface area (TPSA) is 49.0 Å². The molecule has 0 bridgehead atoms. The van der Waals surface area contributed by atoms with Crippen LogP contribution in [0.15, 0.2) is 47.3 Å². The first-order valence-corrected chi connectivity index (χ1v) is 8.96. The van der Waals surface area contributed by atoms with Crippen LogP contribution in [0.25, 0.3) is 10.4 Å². The number of thiophene rings is 1. The Labute approximate surface area is 144 Å². The Morgan fingerprint density at radius 3 is 2.88 bits per heavy atom. The highest BCUT2D eigenvalue weighted by Gasteiger charge is 2.21. The van der Waals surface area contributed by atoms with Crippen LogP contribution in [0.1, 0.15) is 22.0 Å². The summed E-state index contributed by atoms with van der Waals surface area (Å²) in [4.78, 5) is 24.3. The highest BCUT2D eigenvalue weighted by Crippen LogP contribution is 2.29. The van der Waals surface area contributed by atoms with E-state index in [4.69, 9.17) is 0 Å². The number of hydrogen-bond donors (Lipinski definition) is 1. The molecule has 0 aliphatic carbocycles. The number of hydrogen-bond acceptors (Lipinski definition) is 4. The summed E-state index contributed by atoms with van der Waals surface area (Å²) in [6.07, 6.45) is 0.773. The number of nitrogens with zero attached hydrogens (tertiary/aromatic N) is 2. The van der Waals surface area contributed by atoms with Gasteiger partial charge >= 0.3 is 0 Å². The molecule has 4 nitrogen and oxygen atoms in total. The Kier molecular flexibility index (Phi) is 4.04. The van der Waals surface area contributed by atoms with Crippen LogP contribution < -0.4 is 5.56 Å². The van der Waals surface area contributed by atoms with Gasteiger partial charge in [-0.25, -0.2) is 4.98 Å². The van der Waals surface area contributed by atoms with E-state index in [1.54, 1.807) is 0 Å². The van der Waals surface area contributed by atoms with Crippen LogP contribution in [0.4, 0.5) is 0 Å². The van der Waals surface area contributed by atoms with Crippen LogP contribution in [-0.4, -0.2) is 21.4 Å². The number of aryl methyl sites for hydroxylation is 1. The largest absolute Gasteiger partial charge is 0.311 e. The van der Waals surface area contributed by atoms with Gasteiger partial charge in [0.15, 0.2) is 0 Å². The fourth-order valence-corrected chi connectivity index (χ4v) is 4.25. The molecule has 24 heavy (non-hydrogen) atoms. The van der Waals surface area contributed by atoms with Crippen molar-refractivity contribution in [2.75, 3.05) is 6.54 Å². The Bertz CT molecular complexity index is 914. The van der Waals surface area contributed by atoms with Crippen molar-refractivity contribution < 1.29 is 0 Å². The van der Waals surface area contributed by atoms with E-state index in [1.807, 2.05) is 24.3 Å². The van der Waals surface area contributed by atoms with E-state index in [1.165, 1.54) is 15.3 Å². The number of rotatable bonds is 3. The van der Waals surface area contributed by atoms with Crippen molar-refractivity contribution >= 4 is 11.3 Å². The SMILES string of the molecule is Cc1nc2c(c(=O)[nH]1)CCN(Cc1ccc(-c3ccccc3)s1)C2. The van der Waals surface area contributed by atoms with E-state index in [0.29, 0.717) is 5.82 Å². The summed E-state index contributed by atoms with van der Waals surface area (Å²) < 4.78 is 0. The third-order valence-electron chi connectivity index (χ3n) is 4.37. The summed E-state index contributed by atoms with van der Waals surface area (Å²) >= 11 is 1.84. The molecule has 1 aliphatic heterocycles. The smallest absolute Gasteiger partial charge is 0.254 e. The number of H-pyrrole nitrogens is 1. The second-order valence-corrected chi connectivity index (χ2v) is 7.34. The number of nitrogens with one attached hydrogen (secondary N) is 1. The lowest BCUT2D eigenvalue weighted by Crippen LogP contribution is -2.35. The molecule has 0 spiro atoms. The molecular formula is C19H19N3OS. The van der Waals surface area contributed by atoms with Crippen LogP contribution in [0.2, 0.25) is 0 Å². The van der Waals surface area contributed by atoms with Gasteiger partial charge in [-0.05, 0) is 31.0 Å². The van der Waals surface area contributed by atoms with Gasteiger partial charge in [0, 0.05) is 35.0 Å². The lowest BCUT2D eigenvalue weighted by atomic mass is 10.1. The Morgan fingerprint density at radius 1 is 1.21 bits per heavy atom. The van der Waals surface area contributed by atoms with Gasteiger partial charge in [-0.2, -0.15) is 0 Å². The molecule has 0 radical (unpaired) electrons. The highest BCUT2D eigenvalue weighted by molar-refractivity contribution is 7.15. The molecule has 122 valence electrons. The summed E-state index contributed by atoms with van der Waals surface area (Å²) in [6, 6.07) is 14.9. The van der Waals surface area contributed by atoms with E-state index in [9.17, 15) is 4.79 Å². The average molecular weight is 337 g/mol. The zero-order valence-electron chi connectivity index (χ0n) is 13.6. The summed E-state index contributed by atoms with van der Waals surface area (Å²) in [5.74, 6) is 0.697. The molecule has 1 aliphatic rings. The van der Waals surface area contributed by atoms with Gasteiger partial charge in [0.25, 0.3) is 5.56 Å². The van der Waals surface area contributed by atoms with Gasteiger partial charge < -0.3 is 4.98 Å². The third-order valence-corrected chi connectivity index (χ3v) is 5.49. The summed E-state index contributed by atoms with van der Waals surface area (Å²) in [7, 11) is 0. The molecule has 1 N–H and O–H groups in total. The minimum Gasteiger partial charge on any atom is -0.311 e. The Hall–Kier alpha value is -2.24. The maximum absolute atomic E-state index is 12.0. The first-order chi connectivity index (χ1) is 11.7. The molecule has 0 unspecified atom stereocenters. The predicted molar refractivity (Wildman–Crippen MR) is 97.2 cm³/mol. The number of aromatic nitrogens is 2. The molecule has 1 aromatic carbocycles. The molecule has 2 aromatic heterocycles. The van der Waals surface area contributed by atoms with Crippen molar-refractivity contribution in [1.82, 2.24) is 14.9 Å². The first-order valence-electron chi connectivity index (χ1n) is 8.14. The van der Waals surface area contributed by atoms with E-state index in [0.717, 1.165) is 37.3 Å². The molecule has 0 saturated heterocycles. The van der Waals surface area contributed by atoms with E-state index in [-0.39, 0.29) is 5.56 Å². The Balaban J connectivity index is 1.51. The minimum absolute atomic E-state index is 0.0274. The average Bonchev–Trinajstić information content (AvgIpc) is 3.03. The fourth-order valence-electron chi connectivity index (χ4n) is 3.19. The van der Waals surface area contributed by atoms with Crippen molar-refractivity contribution in [3.8, 4) is 10.4 Å². The Morgan fingerprint density at radius 2 is 2.04 bits per heavy atom. The lowest BCUT2D eigenvalue weighted by Gasteiger charge is -2.27. The zero-order valence-corrected chi connectivity index (χ0v) is 14.4. The third kappa shape index (κ3) is 3.05. The molecular weight excluding hydrogens is 318 g/mol. The highest BCUT2D eigenvalue weighted by atomic mass is 32.1. The summed E-state index contributed by atoms with van der Waals surface area (Å²) in [5.41, 5.74) is 3.08. The van der Waals surface area contributed by atoms with Crippen molar-refractivity contribution in [3.63, 3.8) is 0 Å². The molecule has 0 amide bonds. The van der Waals surface area contributed by atoms with Crippen LogP contribution in [-0.2, 0) is 19.5 Å². The van der Waals surface area contributed by atoms with Gasteiger partial charge in [0.05, 0.1) is 5.69 Å². The van der Waals surface area contributed by atoms with Crippen LogP contribution in [0.3, 0.4) is 0 Å². The second-order valence-electron chi connectivity index (χ2n) is 6.17. The summed E-state index contributed by atoms with van der Waals surface area (Å²) in [6.45, 7) is 4.40. The summed E-state index contributed by atoms with van der Waals surface area (Å²) in [5, 5.41) is 0. The molecule has 4 rings (SSSR count). The molecule has 3 heterocycles. The van der Waals surface area contributed by atoms with Crippen molar-refractivity contribution in [2.24, 2.45) is 0 Å². The van der Waals surface area contributed by atoms with Crippen LogP contribution >= 0.6 is 11.3 Å². The zero-order chi connectivity index (χ0) is 16.5. The predicted octanol–water partition coefficient (Wildman–Crippen LogP) is 3.37. The van der Waals surface area contributed by atoms with Gasteiger partial charge in [-0.3, -0.25) is 9.69 Å². The number of benzene rings is 1. The monoisotopic (exact) mass is 337 g/mol. The van der Waals surface area contributed by atoms with Gasteiger partial charge in [0.1, 0.15) is 5.82 Å². The molecule has 0 saturated carbocycles. The van der Waals surface area contributed by atoms with Crippen molar-refractivity contribution in [3.05, 3.63) is 74.8 Å². The van der Waals surface area contributed by atoms with Crippen molar-refractivity contribution in [1.29, 1.82) is 0 Å². The van der Waals surface area contributed by atoms with E-state index >= 15 is 0 Å². The molecule has 0 atom stereocenters. The lowest BCUT2D eigenvalue weighted by molar-refractivity contribution is 0.242. The van der Waals surface area contributed by atoms with Crippen LogP contribution in [0.5, 0.6) is 0 Å². The van der Waals surface area contributed by atoms with Gasteiger partial charge in [-0.15, -0.1) is 11.3 Å². The molecule has 5 heteroatoms. The van der Waals surface area contributed by atoms with E-state index in [2.05, 4.69) is 51.3 Å². The first kappa shape index (κ1) is 15.3. The van der Waals surface area contributed by atoms with Crippen LogP contribution in [0, 0.1) is 6.92 Å². The minimum atomic E-state index is 0.0274. The quantitative estimate of drug-likeness (QED) is 0.797. The second kappa shape index (κ2) is 6.34. The number of aromatic amines is 1. The fraction of sp³-hybridized carbons (Fsp3) is 0.263. The maximum atomic E-state index is 12.0. The van der Waals surface area contributed by atoms with Gasteiger partial charge in [0.2, 0.25) is 0 Å². The normalized spacial score (nSPS) is 14.5. The van der Waals surface area contributed by atoms with E-state index < -0.39 is 0 Å². The molecule has 3 aromatic rings. The van der Waals surface area contributed by atoms with Gasteiger partial charge in [-0.1, -0.05) is 30.3 Å².